The summed E-state index contributed by atoms with van der Waals surface area (Å²) in [5.74, 6) is 0.377. The van der Waals surface area contributed by atoms with E-state index in [9.17, 15) is 14.9 Å². The van der Waals surface area contributed by atoms with Crippen LogP contribution in [0.3, 0.4) is 0 Å². The number of para-hydroxylation sites is 1. The van der Waals surface area contributed by atoms with Crippen molar-refractivity contribution in [3.63, 3.8) is 0 Å². The number of aromatic nitrogens is 4. The Hall–Kier alpha value is -5.06. The molecule has 0 spiro atoms. The van der Waals surface area contributed by atoms with E-state index in [1.54, 1.807) is 43.5 Å². The molecule has 0 saturated carbocycles. The number of hydrogen-bond acceptors (Lipinski definition) is 8. The minimum absolute atomic E-state index is 0.118. The first-order chi connectivity index (χ1) is 17.8. The molecule has 1 unspecified atom stereocenters. The molecule has 1 amide bonds. The van der Waals surface area contributed by atoms with Crippen molar-refractivity contribution in [3.05, 3.63) is 100 Å². The van der Waals surface area contributed by atoms with Crippen LogP contribution in [-0.4, -0.2) is 44.7 Å². The molecule has 1 aliphatic rings. The van der Waals surface area contributed by atoms with Crippen LogP contribution in [0.5, 0.6) is 0 Å². The molecule has 186 valence electrons. The third-order valence-electron chi connectivity index (χ3n) is 6.09. The number of rotatable bonds is 6. The molecule has 1 aliphatic heterocycles. The van der Waals surface area contributed by atoms with Gasteiger partial charge in [0, 0.05) is 43.3 Å². The van der Waals surface area contributed by atoms with Gasteiger partial charge >= 0.3 is 0 Å². The third-order valence-corrected chi connectivity index (χ3v) is 6.09. The van der Waals surface area contributed by atoms with Crippen LogP contribution in [0.1, 0.15) is 18.5 Å². The van der Waals surface area contributed by atoms with Crippen molar-refractivity contribution < 1.29 is 9.72 Å². The Morgan fingerprint density at radius 1 is 1.11 bits per heavy atom. The van der Waals surface area contributed by atoms with E-state index in [2.05, 4.69) is 20.6 Å². The van der Waals surface area contributed by atoms with Gasteiger partial charge in [0.1, 0.15) is 6.04 Å². The van der Waals surface area contributed by atoms with Crippen molar-refractivity contribution in [3.8, 4) is 11.4 Å². The number of nitro groups is 1. The van der Waals surface area contributed by atoms with E-state index in [0.29, 0.717) is 28.7 Å². The number of pyridine rings is 1. The quantitative estimate of drug-likeness (QED) is 0.299. The SMILES string of the molecule is CC1=C(C(=O)Nc2cccnc2)C(c2ccccc2[N+](=O)[O-])n2nc(-c3ccc(N(C)C)cc3)nc2N1. The molecule has 0 saturated heterocycles. The average Bonchev–Trinajstić information content (AvgIpc) is 3.32. The number of allylic oxidation sites excluding steroid dienone is 1. The summed E-state index contributed by atoms with van der Waals surface area (Å²) in [5.41, 5.74) is 3.30. The molecule has 1 atom stereocenters. The maximum atomic E-state index is 13.6. The van der Waals surface area contributed by atoms with E-state index in [0.717, 1.165) is 11.3 Å². The number of amides is 1. The van der Waals surface area contributed by atoms with E-state index in [1.807, 2.05) is 43.3 Å². The summed E-state index contributed by atoms with van der Waals surface area (Å²) in [7, 11) is 3.91. The lowest BCUT2D eigenvalue weighted by Gasteiger charge is -2.28. The standard InChI is InChI=1S/C26H24N8O3/c1-16-22(25(35)29-18-7-6-14-27-15-18)23(20-8-4-5-9-21(20)34(36)37)33-26(28-16)30-24(31-33)17-10-12-19(13-11-17)32(2)3/h4-15,23H,1-3H3,(H,29,35)(H,28,30,31). The molecular weight excluding hydrogens is 472 g/mol. The minimum atomic E-state index is -0.892. The number of nitrogens with one attached hydrogen (secondary N) is 2. The first-order valence-corrected chi connectivity index (χ1v) is 11.5. The summed E-state index contributed by atoms with van der Waals surface area (Å²) in [5, 5.41) is 22.7. The predicted molar refractivity (Wildman–Crippen MR) is 140 cm³/mol. The van der Waals surface area contributed by atoms with E-state index in [4.69, 9.17) is 5.10 Å². The number of hydrogen-bond donors (Lipinski definition) is 2. The van der Waals surface area contributed by atoms with Gasteiger partial charge in [-0.25, -0.2) is 4.68 Å². The molecule has 4 aromatic rings. The molecule has 2 N–H and O–H groups in total. The van der Waals surface area contributed by atoms with Crippen LogP contribution in [0.2, 0.25) is 0 Å². The number of carbonyl (C=O) groups excluding carboxylic acids is 1. The fraction of sp³-hybridized carbons (Fsp3) is 0.154. The van der Waals surface area contributed by atoms with Crippen molar-refractivity contribution in [2.45, 2.75) is 13.0 Å². The molecule has 0 radical (unpaired) electrons. The number of benzene rings is 2. The van der Waals surface area contributed by atoms with Crippen molar-refractivity contribution >= 4 is 28.9 Å². The Morgan fingerprint density at radius 3 is 2.54 bits per heavy atom. The topological polar surface area (TPSA) is 131 Å². The highest BCUT2D eigenvalue weighted by molar-refractivity contribution is 6.06. The van der Waals surface area contributed by atoms with Crippen LogP contribution in [0.4, 0.5) is 23.0 Å². The summed E-state index contributed by atoms with van der Waals surface area (Å²) in [6.45, 7) is 1.74. The van der Waals surface area contributed by atoms with E-state index < -0.39 is 16.9 Å². The van der Waals surface area contributed by atoms with Crippen LogP contribution in [0, 0.1) is 10.1 Å². The first kappa shape index (κ1) is 23.7. The summed E-state index contributed by atoms with van der Waals surface area (Å²) >= 11 is 0. The molecule has 2 aromatic carbocycles. The van der Waals surface area contributed by atoms with Crippen LogP contribution in [0.25, 0.3) is 11.4 Å². The average molecular weight is 497 g/mol. The van der Waals surface area contributed by atoms with Gasteiger partial charge in [-0.3, -0.25) is 19.9 Å². The van der Waals surface area contributed by atoms with Crippen LogP contribution < -0.4 is 15.5 Å². The number of nitro benzene ring substituents is 1. The zero-order valence-corrected chi connectivity index (χ0v) is 20.4. The van der Waals surface area contributed by atoms with Gasteiger partial charge in [-0.1, -0.05) is 12.1 Å². The van der Waals surface area contributed by atoms with Crippen molar-refractivity contribution in [2.75, 3.05) is 29.6 Å². The molecule has 5 rings (SSSR count). The number of carbonyl (C=O) groups is 1. The highest BCUT2D eigenvalue weighted by Gasteiger charge is 2.37. The van der Waals surface area contributed by atoms with Crippen LogP contribution >= 0.6 is 0 Å². The second kappa shape index (κ2) is 9.53. The Labute approximate surface area is 212 Å². The van der Waals surface area contributed by atoms with Gasteiger partial charge in [0.15, 0.2) is 5.82 Å². The van der Waals surface area contributed by atoms with Crippen LogP contribution in [-0.2, 0) is 4.79 Å². The normalized spacial score (nSPS) is 14.5. The molecular formula is C26H24N8O3. The molecule has 0 fully saturated rings. The highest BCUT2D eigenvalue weighted by atomic mass is 16.6. The number of anilines is 3. The number of nitrogens with zero attached hydrogens (tertiary/aromatic N) is 6. The maximum Gasteiger partial charge on any atom is 0.275 e. The van der Waals surface area contributed by atoms with E-state index >= 15 is 0 Å². The lowest BCUT2D eigenvalue weighted by molar-refractivity contribution is -0.385. The Balaban J connectivity index is 1.63. The summed E-state index contributed by atoms with van der Waals surface area (Å²) < 4.78 is 1.53. The fourth-order valence-electron chi connectivity index (χ4n) is 4.28. The van der Waals surface area contributed by atoms with Gasteiger partial charge in [0.25, 0.3) is 11.6 Å². The van der Waals surface area contributed by atoms with Gasteiger partial charge < -0.3 is 15.5 Å². The van der Waals surface area contributed by atoms with Crippen LogP contribution in [0.15, 0.2) is 84.3 Å². The second-order valence-corrected chi connectivity index (χ2v) is 8.72. The van der Waals surface area contributed by atoms with Crippen molar-refractivity contribution in [2.24, 2.45) is 0 Å². The Morgan fingerprint density at radius 2 is 1.86 bits per heavy atom. The third kappa shape index (κ3) is 4.49. The summed E-state index contributed by atoms with van der Waals surface area (Å²) in [6, 6.07) is 16.6. The van der Waals surface area contributed by atoms with E-state index in [-0.39, 0.29) is 11.3 Å². The highest BCUT2D eigenvalue weighted by Crippen LogP contribution is 2.40. The molecule has 0 aliphatic carbocycles. The zero-order valence-electron chi connectivity index (χ0n) is 20.4. The Kier molecular flexibility index (Phi) is 6.10. The smallest absolute Gasteiger partial charge is 0.275 e. The largest absolute Gasteiger partial charge is 0.378 e. The molecule has 37 heavy (non-hydrogen) atoms. The predicted octanol–water partition coefficient (Wildman–Crippen LogP) is 4.24. The van der Waals surface area contributed by atoms with Crippen molar-refractivity contribution in [1.82, 2.24) is 19.7 Å². The number of fused-ring (bicyclic) bond motifs is 1. The van der Waals surface area contributed by atoms with Gasteiger partial charge in [-0.05, 0) is 49.4 Å². The molecule has 0 bridgehead atoms. The lowest BCUT2D eigenvalue weighted by Crippen LogP contribution is -2.32. The molecule has 2 aromatic heterocycles. The van der Waals surface area contributed by atoms with Gasteiger partial charge in [0.05, 0.1) is 27.9 Å². The van der Waals surface area contributed by atoms with Gasteiger partial charge in [0.2, 0.25) is 5.95 Å². The van der Waals surface area contributed by atoms with Gasteiger partial charge in [-0.2, -0.15) is 4.98 Å². The molecule has 11 nitrogen and oxygen atoms in total. The first-order valence-electron chi connectivity index (χ1n) is 11.5. The monoisotopic (exact) mass is 496 g/mol. The second-order valence-electron chi connectivity index (χ2n) is 8.72. The maximum absolute atomic E-state index is 13.6. The summed E-state index contributed by atoms with van der Waals surface area (Å²) in [6.07, 6.45) is 3.13. The Bertz CT molecular complexity index is 1510. The fourth-order valence-corrected chi connectivity index (χ4v) is 4.28. The van der Waals surface area contributed by atoms with Crippen molar-refractivity contribution in [1.29, 1.82) is 0 Å². The van der Waals surface area contributed by atoms with Gasteiger partial charge in [-0.15, -0.1) is 5.10 Å². The molecule has 11 heteroatoms. The lowest BCUT2D eigenvalue weighted by atomic mass is 9.93. The molecule has 3 heterocycles. The summed E-state index contributed by atoms with van der Waals surface area (Å²) in [4.78, 5) is 35.7. The zero-order chi connectivity index (χ0) is 26.1. The minimum Gasteiger partial charge on any atom is -0.378 e. The van der Waals surface area contributed by atoms with E-state index in [1.165, 1.54) is 16.9 Å².